The molecule has 216 valence electrons. The third kappa shape index (κ3) is 6.76. The van der Waals surface area contributed by atoms with Gasteiger partial charge < -0.3 is 19.4 Å². The second kappa shape index (κ2) is 13.3. The molecule has 4 rings (SSSR count). The molecule has 6 nitrogen and oxygen atoms in total. The fraction of sp³-hybridized carbons (Fsp3) is 0.353. The highest BCUT2D eigenvalue weighted by molar-refractivity contribution is 6.32. The molecule has 0 radical (unpaired) electrons. The summed E-state index contributed by atoms with van der Waals surface area (Å²) in [5.74, 6) is -0.142. The number of hydrogen-bond acceptors (Lipinski definition) is 4. The lowest BCUT2D eigenvalue weighted by Gasteiger charge is -2.16. The molecule has 0 aliphatic heterocycles. The number of rotatable bonds is 11. The van der Waals surface area contributed by atoms with E-state index in [1.807, 2.05) is 44.3 Å². The first-order valence-electron chi connectivity index (χ1n) is 14.1. The number of halogens is 1. The van der Waals surface area contributed by atoms with Gasteiger partial charge in [0.05, 0.1) is 18.2 Å². The topological polar surface area (TPSA) is 69.6 Å². The van der Waals surface area contributed by atoms with Crippen molar-refractivity contribution in [3.63, 3.8) is 0 Å². The number of methoxy groups -OCH3 is 1. The maximum atomic E-state index is 13.2. The van der Waals surface area contributed by atoms with E-state index in [0.717, 1.165) is 39.7 Å². The Hall–Kier alpha value is -3.77. The van der Waals surface area contributed by atoms with Gasteiger partial charge in [0.15, 0.2) is 6.10 Å². The molecule has 0 fully saturated rings. The van der Waals surface area contributed by atoms with Gasteiger partial charge in [-0.2, -0.15) is 0 Å². The van der Waals surface area contributed by atoms with E-state index in [1.165, 1.54) is 25.5 Å². The Morgan fingerprint density at radius 2 is 1.78 bits per heavy atom. The number of carbonyl (C=O) groups excluding carboxylic acids is 2. The fourth-order valence-electron chi connectivity index (χ4n) is 5.10. The Morgan fingerprint density at radius 3 is 2.46 bits per heavy atom. The molecule has 0 saturated heterocycles. The molecule has 7 heteroatoms. The molecule has 0 aliphatic rings. The van der Waals surface area contributed by atoms with Crippen molar-refractivity contribution in [2.24, 2.45) is 7.05 Å². The fourth-order valence-corrected chi connectivity index (χ4v) is 5.34. The van der Waals surface area contributed by atoms with Crippen molar-refractivity contribution < 1.29 is 19.1 Å². The Balaban J connectivity index is 1.53. The second-order valence-corrected chi connectivity index (χ2v) is 11.0. The maximum absolute atomic E-state index is 13.2. The second-order valence-electron chi connectivity index (χ2n) is 10.6. The number of carbonyl (C=O) groups is 2. The minimum Gasteiger partial charge on any atom is -0.477 e. The number of aryl methyl sites for hydroxylation is 2. The predicted molar refractivity (Wildman–Crippen MR) is 165 cm³/mol. The van der Waals surface area contributed by atoms with Gasteiger partial charge in [0.2, 0.25) is 0 Å². The van der Waals surface area contributed by atoms with Crippen molar-refractivity contribution >= 4 is 34.4 Å². The van der Waals surface area contributed by atoms with Crippen molar-refractivity contribution in [3.05, 3.63) is 99.2 Å². The van der Waals surface area contributed by atoms with E-state index in [-0.39, 0.29) is 11.9 Å². The van der Waals surface area contributed by atoms with Gasteiger partial charge >= 0.3 is 5.97 Å². The van der Waals surface area contributed by atoms with Crippen LogP contribution in [0.25, 0.3) is 10.9 Å². The van der Waals surface area contributed by atoms with Gasteiger partial charge in [-0.15, -0.1) is 0 Å². The maximum Gasteiger partial charge on any atom is 0.346 e. The zero-order valence-corrected chi connectivity index (χ0v) is 25.5. The molecule has 4 aromatic rings. The number of fused-ring (bicyclic) bond motifs is 1. The van der Waals surface area contributed by atoms with E-state index in [9.17, 15) is 9.59 Å². The Labute approximate surface area is 247 Å². The first kappa shape index (κ1) is 30.2. The summed E-state index contributed by atoms with van der Waals surface area (Å²) in [5, 5.41) is 4.67. The average Bonchev–Trinajstić information content (AvgIpc) is 3.21. The number of esters is 1. The standard InChI is InChI=1S/C34H39ClN2O4/c1-7-8-10-24-13-15-25(16-14-24)21(2)36-33(38)27-17-18-28-29(22(3)37(5)30(28)20-27)19-26-11-9-12-31(32(26)35)41-23(4)34(39)40-6/h9,11-18,20-21,23H,7-8,10,19H2,1-6H3,(H,36,38)/t21-,23?/m0/s1. The lowest BCUT2D eigenvalue weighted by molar-refractivity contribution is -0.147. The molecule has 0 spiro atoms. The van der Waals surface area contributed by atoms with Crippen LogP contribution in [0.15, 0.2) is 60.7 Å². The number of hydrogen-bond donors (Lipinski definition) is 1. The van der Waals surface area contributed by atoms with Crippen LogP contribution in [0.4, 0.5) is 0 Å². The number of aromatic nitrogens is 1. The van der Waals surface area contributed by atoms with Gasteiger partial charge in [0.25, 0.3) is 5.91 Å². The summed E-state index contributed by atoms with van der Waals surface area (Å²) in [7, 11) is 3.33. The van der Waals surface area contributed by atoms with Crippen LogP contribution in [0.2, 0.25) is 5.02 Å². The average molecular weight is 575 g/mol. The summed E-state index contributed by atoms with van der Waals surface area (Å²) in [6.45, 7) is 7.90. The lowest BCUT2D eigenvalue weighted by Crippen LogP contribution is -2.26. The first-order valence-corrected chi connectivity index (χ1v) is 14.5. The van der Waals surface area contributed by atoms with Crippen LogP contribution in [0.5, 0.6) is 5.75 Å². The van der Waals surface area contributed by atoms with E-state index in [2.05, 4.69) is 48.0 Å². The summed E-state index contributed by atoms with van der Waals surface area (Å²) in [5.41, 5.74) is 7.08. The number of ether oxygens (including phenoxy) is 2. The Bertz CT molecular complexity index is 1540. The van der Waals surface area contributed by atoms with Crippen molar-refractivity contribution in [1.29, 1.82) is 0 Å². The number of nitrogens with zero attached hydrogens (tertiary/aromatic N) is 1. The smallest absolute Gasteiger partial charge is 0.346 e. The highest BCUT2D eigenvalue weighted by Crippen LogP contribution is 2.34. The van der Waals surface area contributed by atoms with Gasteiger partial charge in [-0.25, -0.2) is 4.79 Å². The predicted octanol–water partition coefficient (Wildman–Crippen LogP) is 7.50. The van der Waals surface area contributed by atoms with Gasteiger partial charge in [-0.1, -0.05) is 67.4 Å². The molecule has 3 aromatic carbocycles. The third-order valence-electron chi connectivity index (χ3n) is 7.78. The normalized spacial score (nSPS) is 12.7. The molecular formula is C34H39ClN2O4. The van der Waals surface area contributed by atoms with Crippen molar-refractivity contribution in [1.82, 2.24) is 9.88 Å². The number of unbranched alkanes of at least 4 members (excludes halogenated alkanes) is 1. The minimum absolute atomic E-state index is 0.109. The van der Waals surface area contributed by atoms with Crippen molar-refractivity contribution in [2.75, 3.05) is 7.11 Å². The molecule has 1 heterocycles. The molecule has 0 aliphatic carbocycles. The van der Waals surface area contributed by atoms with Crippen LogP contribution in [-0.2, 0) is 29.4 Å². The molecule has 1 N–H and O–H groups in total. The van der Waals surface area contributed by atoms with Crippen LogP contribution < -0.4 is 10.1 Å². The van der Waals surface area contributed by atoms with Gasteiger partial charge in [-0.3, -0.25) is 4.79 Å². The van der Waals surface area contributed by atoms with E-state index in [0.29, 0.717) is 22.8 Å². The zero-order chi connectivity index (χ0) is 29.7. The molecule has 1 aromatic heterocycles. The lowest BCUT2D eigenvalue weighted by atomic mass is 10.0. The highest BCUT2D eigenvalue weighted by atomic mass is 35.5. The van der Waals surface area contributed by atoms with E-state index >= 15 is 0 Å². The Kier molecular flexibility index (Phi) is 9.77. The number of nitrogens with one attached hydrogen (secondary N) is 1. The third-order valence-corrected chi connectivity index (χ3v) is 8.21. The molecule has 0 bridgehead atoms. The minimum atomic E-state index is -0.774. The molecule has 1 unspecified atom stereocenters. The van der Waals surface area contributed by atoms with E-state index in [4.69, 9.17) is 21.1 Å². The Morgan fingerprint density at radius 1 is 1.05 bits per heavy atom. The van der Waals surface area contributed by atoms with Crippen LogP contribution in [-0.4, -0.2) is 29.7 Å². The number of benzene rings is 3. The molecule has 1 amide bonds. The van der Waals surface area contributed by atoms with Gasteiger partial charge in [-0.05, 0) is 74.1 Å². The largest absolute Gasteiger partial charge is 0.477 e. The van der Waals surface area contributed by atoms with Crippen LogP contribution in [0, 0.1) is 6.92 Å². The van der Waals surface area contributed by atoms with Gasteiger partial charge in [0.1, 0.15) is 5.75 Å². The van der Waals surface area contributed by atoms with E-state index < -0.39 is 12.1 Å². The molecule has 41 heavy (non-hydrogen) atoms. The first-order chi connectivity index (χ1) is 19.6. The van der Waals surface area contributed by atoms with Crippen LogP contribution in [0.3, 0.4) is 0 Å². The molecule has 2 atom stereocenters. The summed E-state index contributed by atoms with van der Waals surface area (Å²) < 4.78 is 12.6. The van der Waals surface area contributed by atoms with E-state index in [1.54, 1.807) is 13.0 Å². The van der Waals surface area contributed by atoms with Crippen LogP contribution in [0.1, 0.15) is 78.0 Å². The summed E-state index contributed by atoms with van der Waals surface area (Å²) in [6.07, 6.45) is 3.23. The summed E-state index contributed by atoms with van der Waals surface area (Å²) in [4.78, 5) is 25.1. The monoisotopic (exact) mass is 574 g/mol. The quantitative estimate of drug-likeness (QED) is 0.188. The SMILES string of the molecule is CCCCc1ccc([C@H](C)NC(=O)c2ccc3c(Cc4cccc(OC(C)C(=O)OC)c4Cl)c(C)n(C)c3c2)cc1. The molecular weight excluding hydrogens is 536 g/mol. The van der Waals surface area contributed by atoms with Crippen LogP contribution >= 0.6 is 11.6 Å². The summed E-state index contributed by atoms with van der Waals surface area (Å²) in [6, 6.07) is 19.8. The van der Waals surface area contributed by atoms with Gasteiger partial charge in [0, 0.05) is 35.6 Å². The van der Waals surface area contributed by atoms with Crippen molar-refractivity contribution in [2.45, 2.75) is 65.5 Å². The summed E-state index contributed by atoms with van der Waals surface area (Å²) >= 11 is 6.72. The molecule has 0 saturated carbocycles. The highest BCUT2D eigenvalue weighted by Gasteiger charge is 2.20. The zero-order valence-electron chi connectivity index (χ0n) is 24.7. The van der Waals surface area contributed by atoms with Crippen molar-refractivity contribution in [3.8, 4) is 5.75 Å². The number of amides is 1.